The van der Waals surface area contributed by atoms with Crippen LogP contribution in [0.1, 0.15) is 25.8 Å². The van der Waals surface area contributed by atoms with Crippen molar-refractivity contribution in [2.75, 3.05) is 0 Å². The molecule has 1 aliphatic carbocycles. The molecule has 1 aliphatic rings. The molecular formula is C12H15ClFN. The van der Waals surface area contributed by atoms with Crippen LogP contribution in [0.15, 0.2) is 18.2 Å². The van der Waals surface area contributed by atoms with E-state index in [0.717, 1.165) is 5.56 Å². The van der Waals surface area contributed by atoms with E-state index in [-0.39, 0.29) is 5.82 Å². The van der Waals surface area contributed by atoms with Gasteiger partial charge in [-0.15, -0.1) is 0 Å². The number of hydrogen-bond donors (Lipinski definition) is 1. The van der Waals surface area contributed by atoms with Crippen molar-refractivity contribution in [3.63, 3.8) is 0 Å². The van der Waals surface area contributed by atoms with Crippen LogP contribution in [0.5, 0.6) is 0 Å². The van der Waals surface area contributed by atoms with Gasteiger partial charge in [-0.3, -0.25) is 0 Å². The second kappa shape index (κ2) is 3.76. The number of nitrogens with one attached hydrogen (secondary N) is 1. The van der Waals surface area contributed by atoms with Gasteiger partial charge in [-0.05, 0) is 35.6 Å². The second-order valence-corrected chi connectivity index (χ2v) is 5.34. The second-order valence-electron chi connectivity index (χ2n) is 4.90. The largest absolute Gasteiger partial charge is 0.309 e. The molecule has 1 N–H and O–H groups in total. The average molecular weight is 228 g/mol. The maximum atomic E-state index is 13.0. The van der Waals surface area contributed by atoms with Crippen molar-refractivity contribution < 1.29 is 4.39 Å². The molecule has 1 nitrogen and oxygen atoms in total. The number of hydrogen-bond acceptors (Lipinski definition) is 1. The highest BCUT2D eigenvalue weighted by Crippen LogP contribution is 2.44. The zero-order valence-corrected chi connectivity index (χ0v) is 9.74. The fraction of sp³-hybridized carbons (Fsp3) is 0.500. The van der Waals surface area contributed by atoms with Gasteiger partial charge in [-0.25, -0.2) is 4.39 Å². The van der Waals surface area contributed by atoms with Crippen LogP contribution in [-0.2, 0) is 6.54 Å². The highest BCUT2D eigenvalue weighted by Gasteiger charge is 2.44. The molecule has 0 saturated heterocycles. The maximum Gasteiger partial charge on any atom is 0.125 e. The van der Waals surface area contributed by atoms with E-state index in [1.54, 1.807) is 6.07 Å². The first-order valence-electron chi connectivity index (χ1n) is 5.16. The molecule has 0 bridgehead atoms. The Kier molecular flexibility index (Phi) is 2.73. The summed E-state index contributed by atoms with van der Waals surface area (Å²) in [7, 11) is 0. The summed E-state index contributed by atoms with van der Waals surface area (Å²) in [5.41, 5.74) is 1.31. The first kappa shape index (κ1) is 10.9. The fourth-order valence-electron chi connectivity index (χ4n) is 1.77. The molecule has 1 aromatic rings. The summed E-state index contributed by atoms with van der Waals surface area (Å²) in [6.45, 7) is 5.14. The van der Waals surface area contributed by atoms with E-state index in [0.29, 0.717) is 23.0 Å². The van der Waals surface area contributed by atoms with E-state index in [1.165, 1.54) is 18.6 Å². The van der Waals surface area contributed by atoms with Crippen LogP contribution in [-0.4, -0.2) is 6.04 Å². The van der Waals surface area contributed by atoms with Crippen molar-refractivity contribution in [3.05, 3.63) is 34.6 Å². The molecule has 1 fully saturated rings. The lowest BCUT2D eigenvalue weighted by atomic mass is 10.2. The molecule has 15 heavy (non-hydrogen) atoms. The Morgan fingerprint density at radius 1 is 1.47 bits per heavy atom. The van der Waals surface area contributed by atoms with Crippen LogP contribution in [0.4, 0.5) is 4.39 Å². The van der Waals surface area contributed by atoms with Crippen LogP contribution in [0.25, 0.3) is 0 Å². The predicted molar refractivity (Wildman–Crippen MR) is 60.4 cm³/mol. The molecular weight excluding hydrogens is 213 g/mol. The van der Waals surface area contributed by atoms with Crippen LogP contribution in [0.2, 0.25) is 5.02 Å². The number of rotatable bonds is 3. The third kappa shape index (κ3) is 2.70. The molecule has 82 valence electrons. The molecule has 0 aromatic heterocycles. The third-order valence-electron chi connectivity index (χ3n) is 2.99. The zero-order chi connectivity index (χ0) is 11.1. The minimum Gasteiger partial charge on any atom is -0.309 e. The summed E-state index contributed by atoms with van der Waals surface area (Å²) in [5.74, 6) is -0.269. The predicted octanol–water partition coefficient (Wildman–Crippen LogP) is 3.37. The number of halogens is 2. The zero-order valence-electron chi connectivity index (χ0n) is 8.98. The molecule has 0 amide bonds. The van der Waals surface area contributed by atoms with Crippen molar-refractivity contribution >= 4 is 11.6 Å². The summed E-state index contributed by atoms with van der Waals surface area (Å²) in [4.78, 5) is 0. The topological polar surface area (TPSA) is 12.0 Å². The first-order chi connectivity index (χ1) is 6.97. The Morgan fingerprint density at radius 3 is 2.67 bits per heavy atom. The summed E-state index contributed by atoms with van der Waals surface area (Å²) < 4.78 is 13.0. The standard InChI is InChI=1S/C12H15ClFN/c1-12(2)6-11(12)15-7-8-3-9(13)5-10(14)4-8/h3-5,11,15H,6-7H2,1-2H3. The number of benzene rings is 1. The Hall–Kier alpha value is -0.600. The van der Waals surface area contributed by atoms with Gasteiger partial charge in [0.2, 0.25) is 0 Å². The van der Waals surface area contributed by atoms with Gasteiger partial charge >= 0.3 is 0 Å². The molecule has 2 rings (SSSR count). The molecule has 0 aliphatic heterocycles. The molecule has 1 unspecified atom stereocenters. The van der Waals surface area contributed by atoms with Gasteiger partial charge in [-0.2, -0.15) is 0 Å². The van der Waals surface area contributed by atoms with Gasteiger partial charge in [0.25, 0.3) is 0 Å². The molecule has 0 radical (unpaired) electrons. The molecule has 1 aromatic carbocycles. The van der Waals surface area contributed by atoms with Crippen LogP contribution in [0.3, 0.4) is 0 Å². The Morgan fingerprint density at radius 2 is 2.13 bits per heavy atom. The van der Waals surface area contributed by atoms with Crippen LogP contribution < -0.4 is 5.32 Å². The molecule has 1 saturated carbocycles. The lowest BCUT2D eigenvalue weighted by Gasteiger charge is -2.07. The highest BCUT2D eigenvalue weighted by atomic mass is 35.5. The Labute approximate surface area is 94.6 Å². The van der Waals surface area contributed by atoms with E-state index in [9.17, 15) is 4.39 Å². The third-order valence-corrected chi connectivity index (χ3v) is 3.21. The van der Waals surface area contributed by atoms with E-state index < -0.39 is 0 Å². The lowest BCUT2D eigenvalue weighted by Crippen LogP contribution is -2.19. The molecule has 0 spiro atoms. The van der Waals surface area contributed by atoms with Gasteiger partial charge in [-0.1, -0.05) is 25.4 Å². The molecule has 0 heterocycles. The van der Waals surface area contributed by atoms with E-state index in [1.807, 2.05) is 0 Å². The van der Waals surface area contributed by atoms with Crippen molar-refractivity contribution in [3.8, 4) is 0 Å². The highest BCUT2D eigenvalue weighted by molar-refractivity contribution is 6.30. The van der Waals surface area contributed by atoms with Crippen LogP contribution >= 0.6 is 11.6 Å². The lowest BCUT2D eigenvalue weighted by molar-refractivity contribution is 0.540. The van der Waals surface area contributed by atoms with Crippen molar-refractivity contribution in [2.24, 2.45) is 5.41 Å². The average Bonchev–Trinajstić information content (AvgIpc) is 2.69. The monoisotopic (exact) mass is 227 g/mol. The first-order valence-corrected chi connectivity index (χ1v) is 5.53. The molecule has 1 atom stereocenters. The molecule has 3 heteroatoms. The van der Waals surface area contributed by atoms with Crippen LogP contribution in [0, 0.1) is 11.2 Å². The van der Waals surface area contributed by atoms with Gasteiger partial charge in [0, 0.05) is 17.6 Å². The Bertz CT molecular complexity index is 356. The van der Waals surface area contributed by atoms with Crippen molar-refractivity contribution in [1.29, 1.82) is 0 Å². The summed E-state index contributed by atoms with van der Waals surface area (Å²) in [6.07, 6.45) is 1.19. The summed E-state index contributed by atoms with van der Waals surface area (Å²) in [6, 6.07) is 5.20. The van der Waals surface area contributed by atoms with Crippen molar-refractivity contribution in [2.45, 2.75) is 32.9 Å². The fourth-order valence-corrected chi connectivity index (χ4v) is 2.01. The van der Waals surface area contributed by atoms with E-state index in [2.05, 4.69) is 19.2 Å². The normalized spacial score (nSPS) is 22.8. The summed E-state index contributed by atoms with van der Waals surface area (Å²) >= 11 is 5.77. The van der Waals surface area contributed by atoms with Gasteiger partial charge in [0.05, 0.1) is 0 Å². The maximum absolute atomic E-state index is 13.0. The Balaban J connectivity index is 1.94. The minimum atomic E-state index is -0.269. The summed E-state index contributed by atoms with van der Waals surface area (Å²) in [5, 5.41) is 3.85. The van der Waals surface area contributed by atoms with Gasteiger partial charge in [0.1, 0.15) is 5.82 Å². The smallest absolute Gasteiger partial charge is 0.125 e. The van der Waals surface area contributed by atoms with Gasteiger partial charge in [0.15, 0.2) is 0 Å². The SMILES string of the molecule is CC1(C)CC1NCc1cc(F)cc(Cl)c1. The minimum absolute atomic E-state index is 0.269. The van der Waals surface area contributed by atoms with E-state index in [4.69, 9.17) is 11.6 Å². The quantitative estimate of drug-likeness (QED) is 0.835. The van der Waals surface area contributed by atoms with E-state index >= 15 is 0 Å². The van der Waals surface area contributed by atoms with Crippen molar-refractivity contribution in [1.82, 2.24) is 5.32 Å². The van der Waals surface area contributed by atoms with Gasteiger partial charge < -0.3 is 5.32 Å².